The monoisotopic (exact) mass is 257 g/mol. The lowest BCUT2D eigenvalue weighted by Gasteiger charge is -2.32. The standard InChI is InChI=1S/C15H19N3O/c1-12-10-16-7-8-18(12)11-14-9-15(17-19-14)13-5-3-2-4-6-13/h2-6,9,12,16H,7-8,10-11H2,1H3/t12-/m1/s1. The highest BCUT2D eigenvalue weighted by molar-refractivity contribution is 5.58. The molecule has 2 aromatic rings. The molecular formula is C15H19N3O. The fraction of sp³-hybridized carbons (Fsp3) is 0.400. The third kappa shape index (κ3) is 2.85. The lowest BCUT2D eigenvalue weighted by molar-refractivity contribution is 0.149. The highest BCUT2D eigenvalue weighted by Gasteiger charge is 2.19. The van der Waals surface area contributed by atoms with Crippen LogP contribution in [0.5, 0.6) is 0 Å². The van der Waals surface area contributed by atoms with Gasteiger partial charge in [0.05, 0.1) is 6.54 Å². The number of rotatable bonds is 3. The molecule has 0 amide bonds. The van der Waals surface area contributed by atoms with Crippen molar-refractivity contribution in [2.75, 3.05) is 19.6 Å². The van der Waals surface area contributed by atoms with Crippen molar-refractivity contribution in [3.63, 3.8) is 0 Å². The van der Waals surface area contributed by atoms with Crippen molar-refractivity contribution in [3.8, 4) is 11.3 Å². The molecule has 1 atom stereocenters. The lowest BCUT2D eigenvalue weighted by Crippen LogP contribution is -2.49. The van der Waals surface area contributed by atoms with Crippen LogP contribution < -0.4 is 5.32 Å². The van der Waals surface area contributed by atoms with E-state index in [4.69, 9.17) is 4.52 Å². The minimum atomic E-state index is 0.541. The third-order valence-electron chi connectivity index (χ3n) is 3.63. The van der Waals surface area contributed by atoms with Crippen molar-refractivity contribution in [1.29, 1.82) is 0 Å². The second-order valence-corrected chi connectivity index (χ2v) is 5.07. The second-order valence-electron chi connectivity index (χ2n) is 5.07. The van der Waals surface area contributed by atoms with Crippen molar-refractivity contribution in [3.05, 3.63) is 42.2 Å². The molecule has 4 nitrogen and oxygen atoms in total. The van der Waals surface area contributed by atoms with Crippen molar-refractivity contribution in [1.82, 2.24) is 15.4 Å². The average molecular weight is 257 g/mol. The molecule has 19 heavy (non-hydrogen) atoms. The molecule has 1 aromatic heterocycles. The van der Waals surface area contributed by atoms with Crippen molar-refractivity contribution in [2.24, 2.45) is 0 Å². The normalized spacial score (nSPS) is 20.6. The lowest BCUT2D eigenvalue weighted by atomic mass is 10.1. The minimum absolute atomic E-state index is 0.541. The zero-order chi connectivity index (χ0) is 13.1. The summed E-state index contributed by atoms with van der Waals surface area (Å²) in [4.78, 5) is 2.42. The van der Waals surface area contributed by atoms with Gasteiger partial charge in [0.25, 0.3) is 0 Å². The van der Waals surface area contributed by atoms with Crippen molar-refractivity contribution < 1.29 is 4.52 Å². The summed E-state index contributed by atoms with van der Waals surface area (Å²) in [6.07, 6.45) is 0. The van der Waals surface area contributed by atoms with Crippen LogP contribution in [-0.2, 0) is 6.54 Å². The zero-order valence-electron chi connectivity index (χ0n) is 11.2. The summed E-state index contributed by atoms with van der Waals surface area (Å²) in [6, 6.07) is 12.7. The second kappa shape index (κ2) is 5.55. The van der Waals surface area contributed by atoms with Gasteiger partial charge in [-0.1, -0.05) is 35.5 Å². The summed E-state index contributed by atoms with van der Waals surface area (Å²) in [7, 11) is 0. The highest BCUT2D eigenvalue weighted by atomic mass is 16.5. The molecule has 3 rings (SSSR count). The van der Waals surface area contributed by atoms with Crippen LogP contribution in [0, 0.1) is 0 Å². The minimum Gasteiger partial charge on any atom is -0.359 e. The third-order valence-corrected chi connectivity index (χ3v) is 3.63. The number of piperazine rings is 1. The molecule has 100 valence electrons. The van der Waals surface area contributed by atoms with Gasteiger partial charge < -0.3 is 9.84 Å². The van der Waals surface area contributed by atoms with Gasteiger partial charge in [0.2, 0.25) is 0 Å². The van der Waals surface area contributed by atoms with Crippen molar-refractivity contribution in [2.45, 2.75) is 19.5 Å². The predicted molar refractivity (Wildman–Crippen MR) is 74.7 cm³/mol. The largest absolute Gasteiger partial charge is 0.359 e. The molecule has 1 N–H and O–H groups in total. The highest BCUT2D eigenvalue weighted by Crippen LogP contribution is 2.20. The number of benzene rings is 1. The van der Waals surface area contributed by atoms with Gasteiger partial charge in [-0.3, -0.25) is 4.90 Å². The smallest absolute Gasteiger partial charge is 0.151 e. The molecule has 0 saturated carbocycles. The Labute approximate surface area is 113 Å². The van der Waals surface area contributed by atoms with E-state index in [-0.39, 0.29) is 0 Å². The molecular weight excluding hydrogens is 238 g/mol. The number of hydrogen-bond acceptors (Lipinski definition) is 4. The van der Waals surface area contributed by atoms with E-state index in [0.29, 0.717) is 6.04 Å². The van der Waals surface area contributed by atoms with Gasteiger partial charge in [0.15, 0.2) is 5.76 Å². The zero-order valence-corrected chi connectivity index (χ0v) is 11.2. The van der Waals surface area contributed by atoms with Crippen LogP contribution in [0.15, 0.2) is 40.9 Å². The molecule has 1 fully saturated rings. The maximum atomic E-state index is 5.46. The van der Waals surface area contributed by atoms with Crippen LogP contribution in [0.2, 0.25) is 0 Å². The molecule has 0 spiro atoms. The van der Waals surface area contributed by atoms with E-state index < -0.39 is 0 Å². The van der Waals surface area contributed by atoms with Gasteiger partial charge in [0.1, 0.15) is 5.69 Å². The first-order valence-corrected chi connectivity index (χ1v) is 6.79. The maximum absolute atomic E-state index is 5.46. The van der Waals surface area contributed by atoms with E-state index in [0.717, 1.165) is 43.2 Å². The average Bonchev–Trinajstić information content (AvgIpc) is 2.91. The molecule has 1 aromatic carbocycles. The first-order valence-electron chi connectivity index (χ1n) is 6.79. The van der Waals surface area contributed by atoms with Crippen LogP contribution in [0.25, 0.3) is 11.3 Å². The van der Waals surface area contributed by atoms with Crippen LogP contribution in [0.1, 0.15) is 12.7 Å². The molecule has 4 heteroatoms. The van der Waals surface area contributed by atoms with E-state index >= 15 is 0 Å². The van der Waals surface area contributed by atoms with E-state index in [1.54, 1.807) is 0 Å². The summed E-state index contributed by atoms with van der Waals surface area (Å²) in [6.45, 7) is 6.22. The molecule has 1 aliphatic heterocycles. The van der Waals surface area contributed by atoms with Crippen LogP contribution in [0.3, 0.4) is 0 Å². The summed E-state index contributed by atoms with van der Waals surface area (Å²) in [5.41, 5.74) is 2.02. The van der Waals surface area contributed by atoms with Gasteiger partial charge in [-0.2, -0.15) is 0 Å². The Morgan fingerprint density at radius 1 is 1.37 bits per heavy atom. The summed E-state index contributed by atoms with van der Waals surface area (Å²) in [5.74, 6) is 0.938. The Kier molecular flexibility index (Phi) is 3.62. The Balaban J connectivity index is 1.71. The molecule has 0 unspecified atom stereocenters. The fourth-order valence-electron chi connectivity index (χ4n) is 2.45. The van der Waals surface area contributed by atoms with Crippen LogP contribution >= 0.6 is 0 Å². The van der Waals surface area contributed by atoms with E-state index in [1.807, 2.05) is 24.3 Å². The van der Waals surface area contributed by atoms with Gasteiger partial charge in [0, 0.05) is 37.3 Å². The Morgan fingerprint density at radius 2 is 2.21 bits per heavy atom. The number of nitrogens with one attached hydrogen (secondary N) is 1. The summed E-state index contributed by atoms with van der Waals surface area (Å²) < 4.78 is 5.46. The Morgan fingerprint density at radius 3 is 3.00 bits per heavy atom. The topological polar surface area (TPSA) is 41.3 Å². The molecule has 1 aliphatic rings. The summed E-state index contributed by atoms with van der Waals surface area (Å²) in [5, 5.41) is 7.55. The van der Waals surface area contributed by atoms with E-state index in [1.165, 1.54) is 0 Å². The predicted octanol–water partition coefficient (Wildman–Crippen LogP) is 2.14. The molecule has 2 heterocycles. The number of nitrogens with zero attached hydrogens (tertiary/aromatic N) is 2. The van der Waals surface area contributed by atoms with E-state index in [2.05, 4.69) is 34.4 Å². The molecule has 0 bridgehead atoms. The van der Waals surface area contributed by atoms with Crippen LogP contribution in [0.4, 0.5) is 0 Å². The maximum Gasteiger partial charge on any atom is 0.151 e. The molecule has 0 radical (unpaired) electrons. The first kappa shape index (κ1) is 12.4. The van der Waals surface area contributed by atoms with Crippen LogP contribution in [-0.4, -0.2) is 35.7 Å². The van der Waals surface area contributed by atoms with Crippen molar-refractivity contribution >= 4 is 0 Å². The van der Waals surface area contributed by atoms with Gasteiger partial charge in [-0.25, -0.2) is 0 Å². The Bertz CT molecular complexity index is 523. The van der Waals surface area contributed by atoms with Gasteiger partial charge in [-0.15, -0.1) is 0 Å². The quantitative estimate of drug-likeness (QED) is 0.914. The van der Waals surface area contributed by atoms with Gasteiger partial charge in [-0.05, 0) is 6.92 Å². The Hall–Kier alpha value is -1.65. The van der Waals surface area contributed by atoms with Gasteiger partial charge >= 0.3 is 0 Å². The summed E-state index contributed by atoms with van der Waals surface area (Å²) >= 11 is 0. The number of hydrogen-bond donors (Lipinski definition) is 1. The first-order chi connectivity index (χ1) is 9.33. The fourth-order valence-corrected chi connectivity index (χ4v) is 2.45. The number of aromatic nitrogens is 1. The van der Waals surface area contributed by atoms with E-state index in [9.17, 15) is 0 Å². The SMILES string of the molecule is C[C@@H]1CNCCN1Cc1cc(-c2ccccc2)no1. The molecule has 1 saturated heterocycles. The molecule has 0 aliphatic carbocycles.